The van der Waals surface area contributed by atoms with Gasteiger partial charge in [-0.3, -0.25) is 15.0 Å². The fraction of sp³-hybridized carbons (Fsp3) is 0.778. The molecule has 1 rings (SSSR count). The maximum atomic E-state index is 11.2. The van der Waals surface area contributed by atoms with Crippen LogP contribution in [0.25, 0.3) is 0 Å². The van der Waals surface area contributed by atoms with Crippen LogP contribution in [0.1, 0.15) is 32.1 Å². The molecule has 1 aliphatic rings. The molecule has 0 bridgehead atoms. The van der Waals surface area contributed by atoms with Crippen LogP contribution in [0.4, 0.5) is 0 Å². The van der Waals surface area contributed by atoms with E-state index in [2.05, 4.69) is 5.43 Å². The number of hydrazine groups is 1. The molecule has 1 heterocycles. The summed E-state index contributed by atoms with van der Waals surface area (Å²) in [5.41, 5.74) is 2.71. The zero-order chi connectivity index (χ0) is 10.4. The van der Waals surface area contributed by atoms with E-state index in [-0.39, 0.29) is 18.7 Å². The number of hydrogen-bond acceptors (Lipinski definition) is 3. The van der Waals surface area contributed by atoms with Crippen LogP contribution < -0.4 is 5.43 Å². The molecule has 5 nitrogen and oxygen atoms in total. The molecule has 2 N–H and O–H groups in total. The molecule has 0 aromatic heterocycles. The van der Waals surface area contributed by atoms with Crippen LogP contribution in [0.3, 0.4) is 0 Å². The fourth-order valence-electron chi connectivity index (χ4n) is 1.46. The van der Waals surface area contributed by atoms with Gasteiger partial charge in [-0.15, -0.1) is 0 Å². The average molecular weight is 200 g/mol. The van der Waals surface area contributed by atoms with Crippen molar-refractivity contribution in [3.05, 3.63) is 0 Å². The largest absolute Gasteiger partial charge is 0.481 e. The molecule has 0 aliphatic carbocycles. The number of aliphatic carboxylic acids is 1. The second-order valence-corrected chi connectivity index (χ2v) is 3.48. The van der Waals surface area contributed by atoms with Gasteiger partial charge in [-0.25, -0.2) is 5.01 Å². The monoisotopic (exact) mass is 200 g/mol. The summed E-state index contributed by atoms with van der Waals surface area (Å²) in [4.78, 5) is 21.4. The molecule has 1 amide bonds. The lowest BCUT2D eigenvalue weighted by Gasteiger charge is -2.26. The second kappa shape index (κ2) is 5.59. The van der Waals surface area contributed by atoms with Crippen molar-refractivity contribution < 1.29 is 14.7 Å². The standard InChI is InChI=1S/C9H16N2O3/c12-8(4-5-9(13)14)10-11-6-2-1-3-7-11/h1-7H2,(H,10,12)(H,13,14). The zero-order valence-electron chi connectivity index (χ0n) is 8.16. The van der Waals surface area contributed by atoms with E-state index in [0.717, 1.165) is 25.9 Å². The Balaban J connectivity index is 2.15. The number of carbonyl (C=O) groups is 2. The first-order valence-electron chi connectivity index (χ1n) is 4.95. The molecule has 0 aromatic carbocycles. The summed E-state index contributed by atoms with van der Waals surface area (Å²) in [6, 6.07) is 0. The maximum absolute atomic E-state index is 11.2. The highest BCUT2D eigenvalue weighted by atomic mass is 16.4. The number of carboxylic acids is 1. The Labute approximate surface area is 83.1 Å². The van der Waals surface area contributed by atoms with E-state index in [4.69, 9.17) is 5.11 Å². The summed E-state index contributed by atoms with van der Waals surface area (Å²) in [6.45, 7) is 1.75. The molecule has 0 saturated carbocycles. The molecule has 0 aromatic rings. The molecule has 0 spiro atoms. The van der Waals surface area contributed by atoms with Crippen molar-refractivity contribution in [3.63, 3.8) is 0 Å². The number of rotatable bonds is 4. The summed E-state index contributed by atoms with van der Waals surface area (Å²) in [7, 11) is 0. The van der Waals surface area contributed by atoms with Crippen LogP contribution in [0.5, 0.6) is 0 Å². The molecule has 5 heteroatoms. The Morgan fingerprint density at radius 3 is 2.36 bits per heavy atom. The van der Waals surface area contributed by atoms with Crippen molar-refractivity contribution in [3.8, 4) is 0 Å². The molecule has 1 aliphatic heterocycles. The summed E-state index contributed by atoms with van der Waals surface area (Å²) >= 11 is 0. The topological polar surface area (TPSA) is 69.6 Å². The molecule has 1 saturated heterocycles. The summed E-state index contributed by atoms with van der Waals surface area (Å²) < 4.78 is 0. The number of carbonyl (C=O) groups excluding carboxylic acids is 1. The fourth-order valence-corrected chi connectivity index (χ4v) is 1.46. The van der Waals surface area contributed by atoms with Crippen LogP contribution in [0.2, 0.25) is 0 Å². The Kier molecular flexibility index (Phi) is 4.39. The third-order valence-electron chi connectivity index (χ3n) is 2.20. The third-order valence-corrected chi connectivity index (χ3v) is 2.20. The van der Waals surface area contributed by atoms with Gasteiger partial charge in [0.25, 0.3) is 0 Å². The molecule has 0 unspecified atom stereocenters. The lowest BCUT2D eigenvalue weighted by molar-refractivity contribution is -0.139. The van der Waals surface area contributed by atoms with Crippen molar-refractivity contribution in [1.82, 2.24) is 10.4 Å². The number of piperidine rings is 1. The van der Waals surface area contributed by atoms with Gasteiger partial charge in [-0.1, -0.05) is 6.42 Å². The number of nitrogens with zero attached hydrogens (tertiary/aromatic N) is 1. The number of nitrogens with one attached hydrogen (secondary N) is 1. The maximum Gasteiger partial charge on any atom is 0.303 e. The minimum absolute atomic E-state index is 0.0613. The lowest BCUT2D eigenvalue weighted by Crippen LogP contribution is -2.45. The van der Waals surface area contributed by atoms with Gasteiger partial charge in [0.2, 0.25) is 5.91 Å². The smallest absolute Gasteiger partial charge is 0.303 e. The summed E-state index contributed by atoms with van der Waals surface area (Å²) in [6.07, 6.45) is 3.37. The Bertz CT molecular complexity index is 212. The van der Waals surface area contributed by atoms with Crippen molar-refractivity contribution in [2.45, 2.75) is 32.1 Å². The van der Waals surface area contributed by atoms with Crippen molar-refractivity contribution in [1.29, 1.82) is 0 Å². The van der Waals surface area contributed by atoms with Gasteiger partial charge < -0.3 is 5.11 Å². The van der Waals surface area contributed by atoms with E-state index in [9.17, 15) is 9.59 Å². The highest BCUT2D eigenvalue weighted by Crippen LogP contribution is 2.05. The van der Waals surface area contributed by atoms with Gasteiger partial charge in [0.05, 0.1) is 6.42 Å². The molecular weight excluding hydrogens is 184 g/mol. The Hall–Kier alpha value is -1.10. The number of amides is 1. The van der Waals surface area contributed by atoms with Gasteiger partial charge in [-0.05, 0) is 12.8 Å². The summed E-state index contributed by atoms with van der Waals surface area (Å²) in [5.74, 6) is -1.13. The first-order chi connectivity index (χ1) is 6.68. The molecule has 14 heavy (non-hydrogen) atoms. The summed E-state index contributed by atoms with van der Waals surface area (Å²) in [5, 5.41) is 10.2. The van der Waals surface area contributed by atoms with Gasteiger partial charge in [0.1, 0.15) is 0 Å². The highest BCUT2D eigenvalue weighted by molar-refractivity contribution is 5.80. The van der Waals surface area contributed by atoms with E-state index in [0.29, 0.717) is 0 Å². The van der Waals surface area contributed by atoms with Gasteiger partial charge in [0, 0.05) is 19.5 Å². The minimum atomic E-state index is -0.932. The number of carboxylic acid groups (broad SMARTS) is 1. The van der Waals surface area contributed by atoms with Crippen LogP contribution in [-0.2, 0) is 9.59 Å². The SMILES string of the molecule is O=C(O)CCC(=O)NN1CCCCC1. The van der Waals surface area contributed by atoms with Gasteiger partial charge in [-0.2, -0.15) is 0 Å². The Morgan fingerprint density at radius 2 is 1.79 bits per heavy atom. The Morgan fingerprint density at radius 1 is 1.14 bits per heavy atom. The third kappa shape index (κ3) is 4.23. The number of hydrogen-bond donors (Lipinski definition) is 2. The quantitative estimate of drug-likeness (QED) is 0.687. The zero-order valence-corrected chi connectivity index (χ0v) is 8.16. The van der Waals surface area contributed by atoms with Gasteiger partial charge in [0.15, 0.2) is 0 Å². The minimum Gasteiger partial charge on any atom is -0.481 e. The van der Waals surface area contributed by atoms with Crippen LogP contribution in [0.15, 0.2) is 0 Å². The van der Waals surface area contributed by atoms with Crippen molar-refractivity contribution in [2.24, 2.45) is 0 Å². The van der Waals surface area contributed by atoms with Crippen molar-refractivity contribution in [2.75, 3.05) is 13.1 Å². The van der Waals surface area contributed by atoms with Crippen LogP contribution in [-0.4, -0.2) is 35.1 Å². The first kappa shape index (κ1) is 11.0. The average Bonchev–Trinajstić information content (AvgIpc) is 2.16. The lowest BCUT2D eigenvalue weighted by atomic mass is 10.2. The molecule has 0 atom stereocenters. The van der Waals surface area contributed by atoms with E-state index < -0.39 is 5.97 Å². The van der Waals surface area contributed by atoms with Crippen LogP contribution >= 0.6 is 0 Å². The first-order valence-corrected chi connectivity index (χ1v) is 4.95. The van der Waals surface area contributed by atoms with E-state index in [1.807, 2.05) is 5.01 Å². The molecule has 1 fully saturated rings. The normalized spacial score (nSPS) is 17.7. The molecule has 0 radical (unpaired) electrons. The van der Waals surface area contributed by atoms with Crippen molar-refractivity contribution >= 4 is 11.9 Å². The van der Waals surface area contributed by atoms with E-state index in [1.165, 1.54) is 6.42 Å². The van der Waals surface area contributed by atoms with Gasteiger partial charge >= 0.3 is 5.97 Å². The molecular formula is C9H16N2O3. The molecule has 80 valence electrons. The van der Waals surface area contributed by atoms with E-state index >= 15 is 0 Å². The highest BCUT2D eigenvalue weighted by Gasteiger charge is 2.13. The predicted molar refractivity (Wildman–Crippen MR) is 50.4 cm³/mol. The predicted octanol–water partition coefficient (Wildman–Crippen LogP) is 0.368. The van der Waals surface area contributed by atoms with E-state index in [1.54, 1.807) is 0 Å². The second-order valence-electron chi connectivity index (χ2n) is 3.48. The van der Waals surface area contributed by atoms with Crippen LogP contribution in [0, 0.1) is 0 Å².